The van der Waals surface area contributed by atoms with Crippen LogP contribution in [0.5, 0.6) is 0 Å². The van der Waals surface area contributed by atoms with E-state index in [0.29, 0.717) is 0 Å². The average molecular weight is 218 g/mol. The lowest BCUT2D eigenvalue weighted by atomic mass is 9.78. The summed E-state index contributed by atoms with van der Waals surface area (Å²) < 4.78 is 0. The third kappa shape index (κ3) is 3.16. The maximum Gasteiger partial charge on any atom is 0.234 e. The molecule has 1 rings (SSSR count). The number of amides is 1. The number of alkyl halides is 1. The SMILES string of the molecule is CC(C)(CNC(=O)CCl)C1CCCC1. The lowest BCUT2D eigenvalue weighted by Gasteiger charge is -2.31. The van der Waals surface area contributed by atoms with E-state index in [2.05, 4.69) is 19.2 Å². The second-order valence-electron chi connectivity index (χ2n) is 4.88. The number of nitrogens with one attached hydrogen (secondary N) is 1. The predicted molar refractivity (Wildman–Crippen MR) is 59.5 cm³/mol. The Bertz CT molecular complexity index is 197. The molecular weight excluding hydrogens is 198 g/mol. The van der Waals surface area contributed by atoms with Crippen molar-refractivity contribution in [3.05, 3.63) is 0 Å². The summed E-state index contributed by atoms with van der Waals surface area (Å²) in [5.41, 5.74) is 0.220. The fourth-order valence-corrected chi connectivity index (χ4v) is 2.32. The topological polar surface area (TPSA) is 29.1 Å². The van der Waals surface area contributed by atoms with Crippen molar-refractivity contribution in [1.82, 2.24) is 5.32 Å². The van der Waals surface area contributed by atoms with E-state index in [9.17, 15) is 4.79 Å². The molecule has 0 heterocycles. The Balaban J connectivity index is 2.36. The van der Waals surface area contributed by atoms with Crippen molar-refractivity contribution >= 4 is 17.5 Å². The van der Waals surface area contributed by atoms with Gasteiger partial charge in [-0.3, -0.25) is 4.79 Å². The summed E-state index contributed by atoms with van der Waals surface area (Å²) in [4.78, 5) is 11.0. The monoisotopic (exact) mass is 217 g/mol. The summed E-state index contributed by atoms with van der Waals surface area (Å²) in [7, 11) is 0. The molecule has 1 saturated carbocycles. The zero-order valence-corrected chi connectivity index (χ0v) is 9.86. The highest BCUT2D eigenvalue weighted by atomic mass is 35.5. The molecule has 0 spiro atoms. The van der Waals surface area contributed by atoms with Crippen molar-refractivity contribution in [1.29, 1.82) is 0 Å². The van der Waals surface area contributed by atoms with E-state index in [1.54, 1.807) is 0 Å². The van der Waals surface area contributed by atoms with E-state index >= 15 is 0 Å². The highest BCUT2D eigenvalue weighted by Gasteiger charge is 2.31. The zero-order chi connectivity index (χ0) is 10.6. The molecule has 1 aliphatic rings. The molecule has 0 saturated heterocycles. The lowest BCUT2D eigenvalue weighted by molar-refractivity contribution is -0.119. The third-order valence-corrected chi connectivity index (χ3v) is 3.57. The molecule has 3 heteroatoms. The summed E-state index contributed by atoms with van der Waals surface area (Å²) in [5.74, 6) is 0.775. The van der Waals surface area contributed by atoms with Gasteiger partial charge in [0.1, 0.15) is 5.88 Å². The van der Waals surface area contributed by atoms with Crippen LogP contribution in [0.1, 0.15) is 39.5 Å². The van der Waals surface area contributed by atoms with Crippen LogP contribution in [0.4, 0.5) is 0 Å². The van der Waals surface area contributed by atoms with Gasteiger partial charge in [-0.05, 0) is 24.2 Å². The molecule has 82 valence electrons. The Kier molecular flexibility index (Phi) is 4.24. The smallest absolute Gasteiger partial charge is 0.234 e. The molecule has 0 atom stereocenters. The summed E-state index contributed by atoms with van der Waals surface area (Å²) in [6, 6.07) is 0. The predicted octanol–water partition coefficient (Wildman–Crippen LogP) is 2.56. The van der Waals surface area contributed by atoms with Gasteiger partial charge >= 0.3 is 0 Å². The van der Waals surface area contributed by atoms with Gasteiger partial charge in [0.15, 0.2) is 0 Å². The first-order valence-corrected chi connectivity index (χ1v) is 5.92. The van der Waals surface area contributed by atoms with Crippen molar-refractivity contribution in [2.45, 2.75) is 39.5 Å². The molecule has 0 aromatic rings. The molecule has 0 radical (unpaired) electrons. The van der Waals surface area contributed by atoms with Crippen LogP contribution in [0.15, 0.2) is 0 Å². The van der Waals surface area contributed by atoms with Gasteiger partial charge in [0.05, 0.1) is 0 Å². The molecule has 0 aromatic carbocycles. The van der Waals surface area contributed by atoms with Gasteiger partial charge in [-0.1, -0.05) is 26.7 Å². The van der Waals surface area contributed by atoms with Gasteiger partial charge in [0.2, 0.25) is 5.91 Å². The second-order valence-corrected chi connectivity index (χ2v) is 5.15. The Morgan fingerprint density at radius 2 is 2.00 bits per heavy atom. The first-order chi connectivity index (χ1) is 6.56. The number of carbonyl (C=O) groups is 1. The van der Waals surface area contributed by atoms with Crippen LogP contribution in [0, 0.1) is 11.3 Å². The Morgan fingerprint density at radius 1 is 1.43 bits per heavy atom. The molecule has 1 fully saturated rings. The van der Waals surface area contributed by atoms with E-state index in [4.69, 9.17) is 11.6 Å². The minimum Gasteiger partial charge on any atom is -0.355 e. The van der Waals surface area contributed by atoms with Gasteiger partial charge in [-0.15, -0.1) is 11.6 Å². The van der Waals surface area contributed by atoms with Crippen LogP contribution in [0.25, 0.3) is 0 Å². The molecular formula is C11H20ClNO. The largest absolute Gasteiger partial charge is 0.355 e. The zero-order valence-electron chi connectivity index (χ0n) is 9.11. The van der Waals surface area contributed by atoms with E-state index < -0.39 is 0 Å². The minimum absolute atomic E-state index is 0.0576. The van der Waals surface area contributed by atoms with Gasteiger partial charge < -0.3 is 5.32 Å². The van der Waals surface area contributed by atoms with Crippen LogP contribution < -0.4 is 5.32 Å². The van der Waals surface area contributed by atoms with Crippen molar-refractivity contribution < 1.29 is 4.79 Å². The van der Waals surface area contributed by atoms with E-state index in [1.807, 2.05) is 0 Å². The van der Waals surface area contributed by atoms with E-state index in [-0.39, 0.29) is 17.2 Å². The minimum atomic E-state index is -0.0576. The normalized spacial score (nSPS) is 18.5. The number of rotatable bonds is 4. The average Bonchev–Trinajstić information content (AvgIpc) is 2.67. The molecule has 1 aliphatic carbocycles. The maximum atomic E-state index is 11.0. The van der Waals surface area contributed by atoms with E-state index in [0.717, 1.165) is 12.5 Å². The summed E-state index contributed by atoms with van der Waals surface area (Å²) >= 11 is 5.43. The number of halogens is 1. The maximum absolute atomic E-state index is 11.0. The highest BCUT2D eigenvalue weighted by Crippen LogP contribution is 2.38. The first kappa shape index (κ1) is 11.8. The summed E-state index contributed by atoms with van der Waals surface area (Å²) in [6.07, 6.45) is 5.31. The number of hydrogen-bond acceptors (Lipinski definition) is 1. The summed E-state index contributed by atoms with van der Waals surface area (Å²) in [5, 5.41) is 2.88. The molecule has 0 aliphatic heterocycles. The second kappa shape index (κ2) is 5.01. The number of hydrogen-bond donors (Lipinski definition) is 1. The molecule has 0 aromatic heterocycles. The van der Waals surface area contributed by atoms with Crippen molar-refractivity contribution in [2.24, 2.45) is 11.3 Å². The number of carbonyl (C=O) groups excluding carboxylic acids is 1. The molecule has 0 bridgehead atoms. The van der Waals surface area contributed by atoms with Gasteiger partial charge in [-0.2, -0.15) is 0 Å². The fraction of sp³-hybridized carbons (Fsp3) is 0.909. The molecule has 1 N–H and O–H groups in total. The Morgan fingerprint density at radius 3 is 2.50 bits per heavy atom. The van der Waals surface area contributed by atoms with Gasteiger partial charge in [-0.25, -0.2) is 0 Å². The molecule has 2 nitrogen and oxygen atoms in total. The first-order valence-electron chi connectivity index (χ1n) is 5.39. The van der Waals surface area contributed by atoms with Crippen molar-refractivity contribution in [2.75, 3.05) is 12.4 Å². The van der Waals surface area contributed by atoms with Crippen LogP contribution in [0.3, 0.4) is 0 Å². The van der Waals surface area contributed by atoms with Crippen molar-refractivity contribution in [3.63, 3.8) is 0 Å². The standard InChI is InChI=1S/C11H20ClNO/c1-11(2,8-13-10(14)7-12)9-5-3-4-6-9/h9H,3-8H2,1-2H3,(H,13,14). The lowest BCUT2D eigenvalue weighted by Crippen LogP contribution is -2.38. The van der Waals surface area contributed by atoms with Crippen LogP contribution in [0.2, 0.25) is 0 Å². The summed E-state index contributed by atoms with van der Waals surface area (Å²) in [6.45, 7) is 5.22. The quantitative estimate of drug-likeness (QED) is 0.721. The Hall–Kier alpha value is -0.240. The van der Waals surface area contributed by atoms with Crippen LogP contribution in [-0.2, 0) is 4.79 Å². The Labute approximate surface area is 91.4 Å². The van der Waals surface area contributed by atoms with Gasteiger partial charge in [0.25, 0.3) is 0 Å². The fourth-order valence-electron chi connectivity index (χ4n) is 2.23. The van der Waals surface area contributed by atoms with E-state index in [1.165, 1.54) is 25.7 Å². The van der Waals surface area contributed by atoms with Crippen LogP contribution >= 0.6 is 11.6 Å². The third-order valence-electron chi connectivity index (χ3n) is 3.32. The molecule has 0 unspecified atom stereocenters. The van der Waals surface area contributed by atoms with Gasteiger partial charge in [0, 0.05) is 6.54 Å². The molecule has 14 heavy (non-hydrogen) atoms. The molecule has 1 amide bonds. The van der Waals surface area contributed by atoms with Crippen LogP contribution in [-0.4, -0.2) is 18.3 Å². The van der Waals surface area contributed by atoms with Crippen molar-refractivity contribution in [3.8, 4) is 0 Å². The highest BCUT2D eigenvalue weighted by molar-refractivity contribution is 6.27.